The van der Waals surface area contributed by atoms with Gasteiger partial charge in [-0.2, -0.15) is 13.2 Å². The van der Waals surface area contributed by atoms with Crippen molar-refractivity contribution in [2.75, 3.05) is 19.3 Å². The lowest BCUT2D eigenvalue weighted by molar-refractivity contribution is -0.137. The van der Waals surface area contributed by atoms with Gasteiger partial charge in [-0.1, -0.05) is 23.4 Å². The van der Waals surface area contributed by atoms with Crippen molar-refractivity contribution < 1.29 is 32.4 Å². The smallest absolute Gasteiger partial charge is 0.416 e. The third-order valence-corrected chi connectivity index (χ3v) is 4.71. The Labute approximate surface area is 171 Å². The lowest BCUT2D eigenvalue weighted by atomic mass is 10.00. The van der Waals surface area contributed by atoms with E-state index in [2.05, 4.69) is 5.16 Å². The number of nitrogens with zero attached hydrogens (tertiary/aromatic N) is 2. The van der Waals surface area contributed by atoms with Crippen LogP contribution in [0.2, 0.25) is 0 Å². The number of hydrogen-bond acceptors (Lipinski definition) is 6. The number of fused-ring (bicyclic) bond motifs is 3. The molecule has 1 unspecified atom stereocenters. The van der Waals surface area contributed by atoms with Crippen LogP contribution in [0.1, 0.15) is 29.2 Å². The quantitative estimate of drug-likeness (QED) is 0.395. The van der Waals surface area contributed by atoms with E-state index in [9.17, 15) is 18.0 Å². The van der Waals surface area contributed by atoms with Crippen LogP contribution in [0, 0.1) is 6.92 Å². The second kappa shape index (κ2) is 8.25. The van der Waals surface area contributed by atoms with Crippen LogP contribution in [-0.4, -0.2) is 31.9 Å². The predicted molar refractivity (Wildman–Crippen MR) is 104 cm³/mol. The van der Waals surface area contributed by atoms with Gasteiger partial charge in [-0.05, 0) is 49.6 Å². The van der Waals surface area contributed by atoms with Gasteiger partial charge in [0, 0.05) is 0 Å². The van der Waals surface area contributed by atoms with Gasteiger partial charge in [0.1, 0.15) is 7.11 Å². The van der Waals surface area contributed by atoms with Crippen molar-refractivity contribution >= 4 is 17.4 Å². The summed E-state index contributed by atoms with van der Waals surface area (Å²) in [4.78, 5) is 22.8. The highest BCUT2D eigenvalue weighted by Gasteiger charge is 2.33. The molecular weight excluding hydrogens is 401 g/mol. The molecular formula is C21H21F3N2O4. The number of rotatable bonds is 6. The number of hydrogen-bond donors (Lipinski definition) is 0. The van der Waals surface area contributed by atoms with E-state index in [1.807, 2.05) is 19.9 Å². The predicted octanol–water partition coefficient (Wildman–Crippen LogP) is 4.28. The second-order valence-electron chi connectivity index (χ2n) is 6.92. The zero-order valence-corrected chi connectivity index (χ0v) is 16.9. The van der Waals surface area contributed by atoms with Gasteiger partial charge in [-0.3, -0.25) is 0 Å². The van der Waals surface area contributed by atoms with Crippen LogP contribution in [0.5, 0.6) is 5.75 Å². The Morgan fingerprint density at radius 3 is 2.57 bits per heavy atom. The summed E-state index contributed by atoms with van der Waals surface area (Å²) in [5.74, 6) is -0.272. The van der Waals surface area contributed by atoms with Crippen LogP contribution in [0.4, 0.5) is 18.9 Å². The zero-order chi connectivity index (χ0) is 22.1. The Balaban J connectivity index is 1.88. The van der Waals surface area contributed by atoms with Crippen molar-refractivity contribution in [2.45, 2.75) is 32.5 Å². The molecule has 9 heteroatoms. The number of esters is 1. The normalized spacial score (nSPS) is 14.4. The molecule has 0 aliphatic carbocycles. The standard InChI is InChI=1S/C21H21F3N2O4/c1-12-8-16-11-17(18(25-29-4)20(27)28-3)19(12)30-26(16)13(2)9-14-6-5-7-15(10-14)21(22,23)24/h5-8,10-11,13H,9H2,1-4H3. The van der Waals surface area contributed by atoms with Crippen LogP contribution in [-0.2, 0) is 27.0 Å². The van der Waals surface area contributed by atoms with E-state index >= 15 is 0 Å². The van der Waals surface area contributed by atoms with Crippen LogP contribution in [0.25, 0.3) is 0 Å². The molecule has 2 aromatic rings. The summed E-state index contributed by atoms with van der Waals surface area (Å²) in [5, 5.41) is 5.35. The molecule has 2 aromatic carbocycles. The summed E-state index contributed by atoms with van der Waals surface area (Å²) < 4.78 is 43.7. The molecule has 6 nitrogen and oxygen atoms in total. The maximum absolute atomic E-state index is 13.0. The number of ether oxygens (including phenoxy) is 1. The molecule has 0 fully saturated rings. The first kappa shape index (κ1) is 21.5. The molecule has 0 saturated heterocycles. The maximum Gasteiger partial charge on any atom is 0.416 e. The summed E-state index contributed by atoms with van der Waals surface area (Å²) in [6.07, 6.45) is -4.07. The number of alkyl halides is 3. The van der Waals surface area contributed by atoms with Crippen LogP contribution < -0.4 is 9.90 Å². The molecule has 2 aliphatic heterocycles. The molecule has 30 heavy (non-hydrogen) atoms. The van der Waals surface area contributed by atoms with Gasteiger partial charge in [-0.15, -0.1) is 0 Å². The largest absolute Gasteiger partial charge is 0.464 e. The van der Waals surface area contributed by atoms with Crippen molar-refractivity contribution in [2.24, 2.45) is 5.16 Å². The maximum atomic E-state index is 13.0. The Bertz CT molecular complexity index is 989. The number of carbonyl (C=O) groups excluding carboxylic acids is 1. The van der Waals surface area contributed by atoms with Gasteiger partial charge in [-0.25, -0.2) is 9.86 Å². The third kappa shape index (κ3) is 4.19. The van der Waals surface area contributed by atoms with Gasteiger partial charge in [0.15, 0.2) is 11.5 Å². The summed E-state index contributed by atoms with van der Waals surface area (Å²) >= 11 is 0. The number of methoxy groups -OCH3 is 1. The molecule has 2 heterocycles. The number of benzene rings is 2. The van der Waals surface area contributed by atoms with E-state index in [0.29, 0.717) is 29.0 Å². The SMILES string of the molecule is CON=C(C(=O)OC)c1cc2cc(C)c1ON2C(C)Cc1cccc(C(F)(F)F)c1. The molecule has 1 atom stereocenters. The van der Waals surface area contributed by atoms with E-state index in [4.69, 9.17) is 14.4 Å². The highest BCUT2D eigenvalue weighted by Crippen LogP contribution is 2.38. The van der Waals surface area contributed by atoms with E-state index in [-0.39, 0.29) is 11.8 Å². The molecule has 2 bridgehead atoms. The average molecular weight is 422 g/mol. The fraction of sp³-hybridized carbons (Fsp3) is 0.333. The fourth-order valence-corrected chi connectivity index (χ4v) is 3.36. The van der Waals surface area contributed by atoms with E-state index < -0.39 is 17.7 Å². The van der Waals surface area contributed by atoms with Crippen LogP contribution >= 0.6 is 0 Å². The Morgan fingerprint density at radius 2 is 1.97 bits per heavy atom. The van der Waals surface area contributed by atoms with E-state index in [1.54, 1.807) is 17.2 Å². The summed E-state index contributed by atoms with van der Waals surface area (Å²) in [7, 11) is 2.55. The minimum atomic E-state index is -4.40. The number of halogens is 3. The first-order valence-electron chi connectivity index (χ1n) is 9.13. The minimum absolute atomic E-state index is 0.0369. The lowest BCUT2D eigenvalue weighted by Crippen LogP contribution is -2.41. The molecule has 0 radical (unpaired) electrons. The van der Waals surface area contributed by atoms with Gasteiger partial charge >= 0.3 is 12.1 Å². The molecule has 0 amide bonds. The van der Waals surface area contributed by atoms with Crippen molar-refractivity contribution in [3.05, 3.63) is 58.7 Å². The first-order chi connectivity index (χ1) is 14.2. The number of hydroxylamine groups is 1. The Hall–Kier alpha value is -3.23. The van der Waals surface area contributed by atoms with Gasteiger partial charge < -0.3 is 14.4 Å². The first-order valence-corrected chi connectivity index (χ1v) is 9.13. The summed E-state index contributed by atoms with van der Waals surface area (Å²) in [6.45, 7) is 3.66. The highest BCUT2D eigenvalue weighted by molar-refractivity contribution is 6.44. The van der Waals surface area contributed by atoms with Gasteiger partial charge in [0.05, 0.1) is 30.0 Å². The molecule has 4 rings (SSSR count). The molecule has 160 valence electrons. The third-order valence-electron chi connectivity index (χ3n) is 4.71. The zero-order valence-electron chi connectivity index (χ0n) is 16.9. The van der Waals surface area contributed by atoms with E-state index in [0.717, 1.165) is 17.7 Å². The monoisotopic (exact) mass is 422 g/mol. The Morgan fingerprint density at radius 1 is 1.23 bits per heavy atom. The molecule has 0 aromatic heterocycles. The summed E-state index contributed by atoms with van der Waals surface area (Å²) in [6, 6.07) is 8.52. The van der Waals surface area contributed by atoms with Crippen LogP contribution in [0.3, 0.4) is 0 Å². The fourth-order valence-electron chi connectivity index (χ4n) is 3.36. The number of carbonyl (C=O) groups is 1. The lowest BCUT2D eigenvalue weighted by Gasteiger charge is -2.36. The number of anilines is 1. The van der Waals surface area contributed by atoms with Crippen LogP contribution in [0.15, 0.2) is 41.6 Å². The van der Waals surface area contributed by atoms with Gasteiger partial charge in [0.2, 0.25) is 0 Å². The van der Waals surface area contributed by atoms with Crippen molar-refractivity contribution in [1.82, 2.24) is 0 Å². The molecule has 0 spiro atoms. The minimum Gasteiger partial charge on any atom is -0.464 e. The number of aryl methyl sites for hydroxylation is 1. The topological polar surface area (TPSA) is 60.4 Å². The highest BCUT2D eigenvalue weighted by atomic mass is 19.4. The van der Waals surface area contributed by atoms with Crippen molar-refractivity contribution in [3.63, 3.8) is 0 Å². The van der Waals surface area contributed by atoms with Gasteiger partial charge in [0.25, 0.3) is 0 Å². The van der Waals surface area contributed by atoms with Crippen molar-refractivity contribution in [1.29, 1.82) is 0 Å². The second-order valence-corrected chi connectivity index (χ2v) is 6.92. The summed E-state index contributed by atoms with van der Waals surface area (Å²) in [5.41, 5.74) is 1.65. The molecule has 0 N–H and O–H groups in total. The van der Waals surface area contributed by atoms with E-state index in [1.165, 1.54) is 20.3 Å². The molecule has 2 aliphatic rings. The van der Waals surface area contributed by atoms with Crippen molar-refractivity contribution in [3.8, 4) is 5.75 Å². The Kier molecular flexibility index (Phi) is 5.91. The molecule has 0 saturated carbocycles. The average Bonchev–Trinajstić information content (AvgIpc) is 2.70. The number of oxime groups is 1.